The Hall–Kier alpha value is -2.93. The van der Waals surface area contributed by atoms with E-state index in [-0.39, 0.29) is 11.9 Å². The molecule has 1 amide bonds. The van der Waals surface area contributed by atoms with Gasteiger partial charge in [0.05, 0.1) is 5.69 Å². The molecule has 7 nitrogen and oxygen atoms in total. The third-order valence-corrected chi connectivity index (χ3v) is 5.12. The van der Waals surface area contributed by atoms with E-state index in [1.54, 1.807) is 6.20 Å². The molecule has 5 rings (SSSR count). The number of carbonyl (C=O) groups excluding carboxylic acids is 1. The van der Waals surface area contributed by atoms with Crippen molar-refractivity contribution in [3.63, 3.8) is 0 Å². The van der Waals surface area contributed by atoms with Gasteiger partial charge in [0.15, 0.2) is 5.82 Å². The number of imidazole rings is 1. The summed E-state index contributed by atoms with van der Waals surface area (Å²) in [6.07, 6.45) is 5.33. The number of aromatic nitrogens is 4. The van der Waals surface area contributed by atoms with Crippen molar-refractivity contribution in [2.75, 3.05) is 11.9 Å². The van der Waals surface area contributed by atoms with Crippen molar-refractivity contribution in [1.82, 2.24) is 24.6 Å². The first-order valence-corrected chi connectivity index (χ1v) is 8.99. The molecule has 3 aromatic rings. The molecule has 0 radical (unpaired) electrons. The van der Waals surface area contributed by atoms with E-state index in [0.29, 0.717) is 6.42 Å². The molecule has 0 spiro atoms. The van der Waals surface area contributed by atoms with Crippen LogP contribution in [0.15, 0.2) is 42.7 Å². The van der Waals surface area contributed by atoms with E-state index < -0.39 is 0 Å². The Balaban J connectivity index is 1.51. The number of hydrogen-bond donors (Lipinski definition) is 2. The van der Waals surface area contributed by atoms with Gasteiger partial charge in [-0.15, -0.1) is 0 Å². The lowest BCUT2D eigenvalue weighted by atomic mass is 9.99. The molecule has 2 aliphatic rings. The Morgan fingerprint density at radius 1 is 1.23 bits per heavy atom. The molecule has 1 aromatic carbocycles. The first-order valence-electron chi connectivity index (χ1n) is 8.99. The average molecular weight is 348 g/mol. The Bertz CT molecular complexity index is 949. The highest BCUT2D eigenvalue weighted by molar-refractivity contribution is 5.97. The largest absolute Gasteiger partial charge is 0.324 e. The second-order valence-electron chi connectivity index (χ2n) is 6.80. The van der Waals surface area contributed by atoms with Crippen molar-refractivity contribution in [3.8, 4) is 11.5 Å². The van der Waals surface area contributed by atoms with Gasteiger partial charge in [0.25, 0.3) is 0 Å². The number of carbonyl (C=O) groups is 1. The molecular weight excluding hydrogens is 328 g/mol. The zero-order valence-corrected chi connectivity index (χ0v) is 14.4. The zero-order valence-electron chi connectivity index (χ0n) is 14.4. The van der Waals surface area contributed by atoms with E-state index in [0.717, 1.165) is 54.5 Å². The normalized spacial score (nSPS) is 19.4. The minimum absolute atomic E-state index is 0.00890. The molecule has 2 N–H and O–H groups in total. The van der Waals surface area contributed by atoms with Crippen LogP contribution in [0.4, 0.5) is 5.69 Å². The van der Waals surface area contributed by atoms with Crippen molar-refractivity contribution in [3.05, 3.63) is 54.0 Å². The molecule has 0 aliphatic carbocycles. The van der Waals surface area contributed by atoms with Crippen LogP contribution in [0.25, 0.3) is 11.5 Å². The molecule has 7 heteroatoms. The van der Waals surface area contributed by atoms with Gasteiger partial charge in [-0.1, -0.05) is 18.2 Å². The first-order chi connectivity index (χ1) is 12.8. The van der Waals surface area contributed by atoms with E-state index in [2.05, 4.69) is 27.8 Å². The zero-order chi connectivity index (χ0) is 17.5. The third-order valence-electron chi connectivity index (χ3n) is 5.12. The summed E-state index contributed by atoms with van der Waals surface area (Å²) in [4.78, 5) is 17.2. The third kappa shape index (κ3) is 2.52. The molecule has 2 aromatic heterocycles. The van der Waals surface area contributed by atoms with Crippen molar-refractivity contribution < 1.29 is 4.79 Å². The average Bonchev–Trinajstić information content (AvgIpc) is 3.23. The Labute approximate surface area is 151 Å². The maximum atomic E-state index is 12.7. The molecule has 0 bridgehead atoms. The Kier molecular flexibility index (Phi) is 3.60. The molecule has 4 heterocycles. The highest BCUT2D eigenvalue weighted by Crippen LogP contribution is 2.31. The highest BCUT2D eigenvalue weighted by atomic mass is 16.2. The van der Waals surface area contributed by atoms with Crippen LogP contribution in [-0.2, 0) is 24.3 Å². The van der Waals surface area contributed by atoms with Gasteiger partial charge in [-0.2, -0.15) is 5.10 Å². The van der Waals surface area contributed by atoms with E-state index in [1.165, 1.54) is 0 Å². The number of anilines is 1. The van der Waals surface area contributed by atoms with Crippen molar-refractivity contribution in [2.45, 2.75) is 32.0 Å². The molecule has 1 atom stereocenters. The topological polar surface area (TPSA) is 76.8 Å². The van der Waals surface area contributed by atoms with E-state index in [4.69, 9.17) is 5.10 Å². The van der Waals surface area contributed by atoms with Crippen LogP contribution < -0.4 is 10.6 Å². The van der Waals surface area contributed by atoms with Gasteiger partial charge < -0.3 is 15.2 Å². The number of para-hydroxylation sites is 1. The van der Waals surface area contributed by atoms with Gasteiger partial charge in [0.2, 0.25) is 5.91 Å². The summed E-state index contributed by atoms with van der Waals surface area (Å²) in [5.74, 6) is 0.732. The molecule has 0 saturated carbocycles. The van der Waals surface area contributed by atoms with E-state index in [1.807, 2.05) is 33.6 Å². The molecule has 0 unspecified atom stereocenters. The Morgan fingerprint density at radius 2 is 2.15 bits per heavy atom. The van der Waals surface area contributed by atoms with Crippen LogP contribution >= 0.6 is 0 Å². The maximum absolute atomic E-state index is 12.7. The quantitative estimate of drug-likeness (QED) is 0.742. The molecular formula is C19H20N6O. The second-order valence-corrected chi connectivity index (χ2v) is 6.80. The Morgan fingerprint density at radius 3 is 3.12 bits per heavy atom. The monoisotopic (exact) mass is 348 g/mol. The van der Waals surface area contributed by atoms with Crippen molar-refractivity contribution >= 4 is 11.6 Å². The lowest BCUT2D eigenvalue weighted by Crippen LogP contribution is -2.32. The fourth-order valence-electron chi connectivity index (χ4n) is 3.80. The number of amides is 1. The van der Waals surface area contributed by atoms with E-state index in [9.17, 15) is 4.79 Å². The van der Waals surface area contributed by atoms with Crippen LogP contribution in [0.5, 0.6) is 0 Å². The second kappa shape index (κ2) is 6.10. The van der Waals surface area contributed by atoms with Crippen molar-refractivity contribution in [1.29, 1.82) is 0 Å². The van der Waals surface area contributed by atoms with Crippen LogP contribution in [0, 0.1) is 0 Å². The van der Waals surface area contributed by atoms with Crippen LogP contribution in [-0.4, -0.2) is 31.8 Å². The molecule has 0 saturated heterocycles. The van der Waals surface area contributed by atoms with Gasteiger partial charge in [-0.25, -0.2) is 4.98 Å². The summed E-state index contributed by atoms with van der Waals surface area (Å²) < 4.78 is 3.99. The minimum Gasteiger partial charge on any atom is -0.324 e. The summed E-state index contributed by atoms with van der Waals surface area (Å²) in [5.41, 5.74) is 4.02. The molecule has 0 fully saturated rings. The minimum atomic E-state index is -0.318. The first kappa shape index (κ1) is 15.3. The predicted octanol–water partition coefficient (Wildman–Crippen LogP) is 1.98. The van der Waals surface area contributed by atoms with Gasteiger partial charge in [-0.05, 0) is 30.7 Å². The fourth-order valence-corrected chi connectivity index (χ4v) is 3.80. The summed E-state index contributed by atoms with van der Waals surface area (Å²) in [6, 6.07) is 9.70. The summed E-state index contributed by atoms with van der Waals surface area (Å²) >= 11 is 0. The van der Waals surface area contributed by atoms with Gasteiger partial charge in [0, 0.05) is 37.6 Å². The number of benzene rings is 1. The number of aryl methyl sites for hydroxylation is 1. The standard InChI is InChI=1S/C19H20N6O/c26-19-17(10-13-4-1-2-5-15(13)22-19)24-9-7-21-18(24)16-11-14-12-20-6-3-8-25(14)23-16/h1-2,4-5,7,9,11,17,20H,3,6,8,10,12H2,(H,22,26)/t17-/m0/s1. The summed E-state index contributed by atoms with van der Waals surface area (Å²) in [5, 5.41) is 11.2. The summed E-state index contributed by atoms with van der Waals surface area (Å²) in [7, 11) is 0. The number of fused-ring (bicyclic) bond motifs is 2. The number of nitrogens with one attached hydrogen (secondary N) is 2. The van der Waals surface area contributed by atoms with Gasteiger partial charge in [0.1, 0.15) is 11.7 Å². The van der Waals surface area contributed by atoms with Crippen LogP contribution in [0.2, 0.25) is 0 Å². The maximum Gasteiger partial charge on any atom is 0.247 e. The van der Waals surface area contributed by atoms with Crippen LogP contribution in [0.1, 0.15) is 23.7 Å². The molecule has 132 valence electrons. The molecule has 26 heavy (non-hydrogen) atoms. The predicted molar refractivity (Wildman–Crippen MR) is 97.6 cm³/mol. The summed E-state index contributed by atoms with van der Waals surface area (Å²) in [6.45, 7) is 2.72. The van der Waals surface area contributed by atoms with Crippen molar-refractivity contribution in [2.24, 2.45) is 0 Å². The van der Waals surface area contributed by atoms with Crippen LogP contribution in [0.3, 0.4) is 0 Å². The van der Waals surface area contributed by atoms with E-state index >= 15 is 0 Å². The lowest BCUT2D eigenvalue weighted by molar-refractivity contribution is -0.119. The highest BCUT2D eigenvalue weighted by Gasteiger charge is 2.29. The molecule has 2 aliphatic heterocycles. The fraction of sp³-hybridized carbons (Fsp3) is 0.316. The lowest BCUT2D eigenvalue weighted by Gasteiger charge is -2.26. The SMILES string of the molecule is O=C1Nc2ccccc2C[C@@H]1n1ccnc1-c1cc2n(n1)CCCNC2. The number of hydrogen-bond acceptors (Lipinski definition) is 4. The van der Waals surface area contributed by atoms with Gasteiger partial charge >= 0.3 is 0 Å². The van der Waals surface area contributed by atoms with Gasteiger partial charge in [-0.3, -0.25) is 9.48 Å². The number of nitrogens with zero attached hydrogens (tertiary/aromatic N) is 4. The smallest absolute Gasteiger partial charge is 0.247 e. The number of rotatable bonds is 2.